The van der Waals surface area contributed by atoms with Gasteiger partial charge in [-0.05, 0) is 18.1 Å². The first kappa shape index (κ1) is 9.94. The van der Waals surface area contributed by atoms with E-state index < -0.39 is 0 Å². The second-order valence-corrected chi connectivity index (χ2v) is 3.89. The molecule has 2 aromatic rings. The van der Waals surface area contributed by atoms with E-state index in [1.165, 1.54) is 16.7 Å². The van der Waals surface area contributed by atoms with Crippen LogP contribution in [0.1, 0.15) is 18.5 Å². The average Bonchev–Trinajstić information content (AvgIpc) is 2.30. The van der Waals surface area contributed by atoms with Crippen molar-refractivity contribution in [2.75, 3.05) is 0 Å². The Morgan fingerprint density at radius 2 is 1.33 bits per heavy atom. The van der Waals surface area contributed by atoms with Gasteiger partial charge >= 0.3 is 0 Å². The molecule has 15 heavy (non-hydrogen) atoms. The number of hydrogen-bond acceptors (Lipinski definition) is 0. The molecule has 0 bridgehead atoms. The van der Waals surface area contributed by atoms with E-state index in [-0.39, 0.29) is 0 Å². The van der Waals surface area contributed by atoms with Crippen LogP contribution in [0.5, 0.6) is 0 Å². The summed E-state index contributed by atoms with van der Waals surface area (Å²) in [6, 6.07) is 19.4. The van der Waals surface area contributed by atoms with Crippen LogP contribution < -0.4 is 5.73 Å². The van der Waals surface area contributed by atoms with Crippen molar-refractivity contribution < 1.29 is 5.73 Å². The molecule has 0 saturated heterocycles. The van der Waals surface area contributed by atoms with Crippen LogP contribution in [0.15, 0.2) is 54.6 Å². The van der Waals surface area contributed by atoms with E-state index in [9.17, 15) is 0 Å². The van der Waals surface area contributed by atoms with Crippen molar-refractivity contribution in [3.63, 3.8) is 0 Å². The molecule has 1 atom stereocenters. The minimum absolute atomic E-state index is 0.356. The van der Waals surface area contributed by atoms with Gasteiger partial charge in [-0.1, -0.05) is 54.6 Å². The number of hydrogen-bond donors (Lipinski definition) is 1. The molecule has 0 aromatic heterocycles. The fourth-order valence-corrected chi connectivity index (χ4v) is 1.63. The molecular weight excluding hydrogens is 182 g/mol. The van der Waals surface area contributed by atoms with Gasteiger partial charge in [0.2, 0.25) is 0 Å². The zero-order valence-corrected chi connectivity index (χ0v) is 8.98. The molecule has 0 aliphatic carbocycles. The van der Waals surface area contributed by atoms with Crippen molar-refractivity contribution in [3.8, 4) is 11.1 Å². The molecule has 0 saturated carbocycles. The van der Waals surface area contributed by atoms with Crippen LogP contribution in [0.4, 0.5) is 0 Å². The molecule has 0 spiro atoms. The molecule has 1 nitrogen and oxygen atoms in total. The monoisotopic (exact) mass is 198 g/mol. The Hall–Kier alpha value is -1.60. The van der Waals surface area contributed by atoms with E-state index in [0.717, 1.165) is 0 Å². The summed E-state index contributed by atoms with van der Waals surface area (Å²) in [5, 5.41) is 0. The molecule has 0 unspecified atom stereocenters. The minimum atomic E-state index is 0.356. The Labute approximate surface area is 90.6 Å². The van der Waals surface area contributed by atoms with Crippen LogP contribution in [-0.4, -0.2) is 0 Å². The van der Waals surface area contributed by atoms with Gasteiger partial charge in [0.1, 0.15) is 6.04 Å². The van der Waals surface area contributed by atoms with E-state index in [4.69, 9.17) is 0 Å². The molecule has 76 valence electrons. The molecule has 2 aromatic carbocycles. The number of quaternary nitrogens is 1. The molecular formula is C14H16N+. The van der Waals surface area contributed by atoms with Crippen LogP contribution in [0, 0.1) is 0 Å². The van der Waals surface area contributed by atoms with Crippen LogP contribution in [0.3, 0.4) is 0 Å². The third-order valence-electron chi connectivity index (χ3n) is 2.59. The van der Waals surface area contributed by atoms with E-state index in [2.05, 4.69) is 61.2 Å². The van der Waals surface area contributed by atoms with Crippen molar-refractivity contribution in [2.24, 2.45) is 0 Å². The Morgan fingerprint density at radius 1 is 0.800 bits per heavy atom. The third-order valence-corrected chi connectivity index (χ3v) is 2.59. The summed E-state index contributed by atoms with van der Waals surface area (Å²) in [6.45, 7) is 2.11. The number of benzene rings is 2. The summed E-state index contributed by atoms with van der Waals surface area (Å²) in [5.74, 6) is 0. The topological polar surface area (TPSA) is 27.6 Å². The highest BCUT2D eigenvalue weighted by Crippen LogP contribution is 2.20. The van der Waals surface area contributed by atoms with E-state index in [0.29, 0.717) is 6.04 Å². The van der Waals surface area contributed by atoms with E-state index in [1.54, 1.807) is 0 Å². The second-order valence-electron chi connectivity index (χ2n) is 3.89. The maximum absolute atomic E-state index is 4.01. The maximum Gasteiger partial charge on any atom is 0.107 e. The van der Waals surface area contributed by atoms with Crippen LogP contribution in [0.25, 0.3) is 11.1 Å². The van der Waals surface area contributed by atoms with Gasteiger partial charge in [-0.15, -0.1) is 0 Å². The normalized spacial score (nSPS) is 12.4. The van der Waals surface area contributed by atoms with Crippen molar-refractivity contribution in [3.05, 3.63) is 60.2 Å². The first-order chi connectivity index (χ1) is 7.27. The molecule has 0 fully saturated rings. The van der Waals surface area contributed by atoms with E-state index >= 15 is 0 Å². The zero-order valence-electron chi connectivity index (χ0n) is 8.98. The Bertz CT molecular complexity index is 415. The van der Waals surface area contributed by atoms with Gasteiger partial charge in [0, 0.05) is 5.56 Å². The summed E-state index contributed by atoms with van der Waals surface area (Å²) in [4.78, 5) is 0. The third kappa shape index (κ3) is 2.25. The van der Waals surface area contributed by atoms with Crippen LogP contribution in [-0.2, 0) is 0 Å². The summed E-state index contributed by atoms with van der Waals surface area (Å²) in [7, 11) is 0. The molecule has 0 radical (unpaired) electrons. The quantitative estimate of drug-likeness (QED) is 0.768. The van der Waals surface area contributed by atoms with Gasteiger partial charge in [-0.2, -0.15) is 0 Å². The van der Waals surface area contributed by atoms with Crippen molar-refractivity contribution in [1.29, 1.82) is 0 Å². The fraction of sp³-hybridized carbons (Fsp3) is 0.143. The van der Waals surface area contributed by atoms with Gasteiger partial charge in [0.05, 0.1) is 0 Å². The lowest BCUT2D eigenvalue weighted by atomic mass is 10.0. The zero-order chi connectivity index (χ0) is 10.7. The lowest BCUT2D eigenvalue weighted by molar-refractivity contribution is -0.420. The summed E-state index contributed by atoms with van der Waals surface area (Å²) < 4.78 is 0. The van der Waals surface area contributed by atoms with Crippen LogP contribution >= 0.6 is 0 Å². The highest BCUT2D eigenvalue weighted by Gasteiger charge is 2.02. The summed E-state index contributed by atoms with van der Waals surface area (Å²) in [6.07, 6.45) is 0. The first-order valence-electron chi connectivity index (χ1n) is 5.26. The smallest absolute Gasteiger partial charge is 0.107 e. The van der Waals surface area contributed by atoms with Crippen LogP contribution in [0.2, 0.25) is 0 Å². The molecule has 0 amide bonds. The molecule has 0 heterocycles. The highest BCUT2D eigenvalue weighted by atomic mass is 14.6. The maximum atomic E-state index is 4.01. The Morgan fingerprint density at radius 3 is 1.87 bits per heavy atom. The average molecular weight is 198 g/mol. The lowest BCUT2D eigenvalue weighted by Gasteiger charge is -2.05. The van der Waals surface area contributed by atoms with E-state index in [1.807, 2.05) is 6.07 Å². The predicted octanol–water partition coefficient (Wildman–Crippen LogP) is 2.66. The van der Waals surface area contributed by atoms with Gasteiger partial charge in [0.25, 0.3) is 0 Å². The predicted molar refractivity (Wildman–Crippen MR) is 63.2 cm³/mol. The standard InChI is InChI=1S/C14H15N/c1-11(15)12-7-9-14(10-8-12)13-5-3-2-4-6-13/h2-11H,15H2,1H3/p+1/t11-/m1/s1. The molecule has 1 heteroatoms. The molecule has 3 N–H and O–H groups in total. The van der Waals surface area contributed by atoms with Crippen molar-refractivity contribution >= 4 is 0 Å². The fourth-order valence-electron chi connectivity index (χ4n) is 1.63. The molecule has 0 aliphatic rings. The van der Waals surface area contributed by atoms with Crippen molar-refractivity contribution in [2.45, 2.75) is 13.0 Å². The van der Waals surface area contributed by atoms with Gasteiger partial charge in [-0.25, -0.2) is 0 Å². The highest BCUT2D eigenvalue weighted by molar-refractivity contribution is 5.63. The first-order valence-corrected chi connectivity index (χ1v) is 5.26. The summed E-state index contributed by atoms with van der Waals surface area (Å²) >= 11 is 0. The SMILES string of the molecule is C[C@@H]([NH3+])c1ccc(-c2ccccc2)cc1. The minimum Gasteiger partial charge on any atom is -0.352 e. The largest absolute Gasteiger partial charge is 0.352 e. The second kappa shape index (κ2) is 4.28. The molecule has 0 aliphatic heterocycles. The Kier molecular flexibility index (Phi) is 2.84. The Balaban J connectivity index is 2.32. The van der Waals surface area contributed by atoms with Gasteiger partial charge in [0.15, 0.2) is 0 Å². The lowest BCUT2D eigenvalue weighted by Crippen LogP contribution is -2.51. The van der Waals surface area contributed by atoms with Gasteiger partial charge in [-0.3, -0.25) is 0 Å². The van der Waals surface area contributed by atoms with Crippen molar-refractivity contribution in [1.82, 2.24) is 0 Å². The summed E-state index contributed by atoms with van der Waals surface area (Å²) in [5.41, 5.74) is 7.83. The number of rotatable bonds is 2. The van der Waals surface area contributed by atoms with Gasteiger partial charge < -0.3 is 5.73 Å². The molecule has 2 rings (SSSR count).